The number of hydrogen-bond donors (Lipinski definition) is 2. The minimum Gasteiger partial charge on any atom is -0.478 e. The van der Waals surface area contributed by atoms with E-state index in [0.717, 1.165) is 12.0 Å². The van der Waals surface area contributed by atoms with E-state index in [4.69, 9.17) is 4.74 Å². The van der Waals surface area contributed by atoms with Crippen LogP contribution in [0.3, 0.4) is 0 Å². The summed E-state index contributed by atoms with van der Waals surface area (Å²) in [5.74, 6) is -1.79. The highest BCUT2D eigenvalue weighted by atomic mass is 19.1. The van der Waals surface area contributed by atoms with Gasteiger partial charge in [0.05, 0.1) is 5.92 Å². The van der Waals surface area contributed by atoms with Crippen molar-refractivity contribution < 1.29 is 18.7 Å². The van der Waals surface area contributed by atoms with Crippen molar-refractivity contribution in [2.24, 2.45) is 0 Å². The third kappa shape index (κ3) is 5.31. The summed E-state index contributed by atoms with van der Waals surface area (Å²) in [6, 6.07) is 15.2. The van der Waals surface area contributed by atoms with Gasteiger partial charge in [-0.15, -0.1) is 0 Å². The van der Waals surface area contributed by atoms with Gasteiger partial charge >= 0.3 is 0 Å². The SMILES string of the molecule is CCC[C@@H](C(=O)NNC(=O)[C@H](C)Oc1ccccc1F)c1ccccc1. The van der Waals surface area contributed by atoms with Crippen LogP contribution in [0, 0.1) is 5.82 Å². The average molecular weight is 358 g/mol. The molecule has 0 aliphatic rings. The lowest BCUT2D eigenvalue weighted by Crippen LogP contribution is -2.48. The molecule has 0 aromatic heterocycles. The van der Waals surface area contributed by atoms with E-state index in [1.165, 1.54) is 25.1 Å². The summed E-state index contributed by atoms with van der Waals surface area (Å²) < 4.78 is 18.9. The number of nitrogens with one attached hydrogen (secondary N) is 2. The zero-order chi connectivity index (χ0) is 18.9. The molecule has 2 aromatic rings. The Morgan fingerprint density at radius 2 is 1.62 bits per heavy atom. The minimum absolute atomic E-state index is 0.0189. The second-order valence-electron chi connectivity index (χ2n) is 5.92. The average Bonchev–Trinajstić information content (AvgIpc) is 2.66. The van der Waals surface area contributed by atoms with Crippen molar-refractivity contribution in [3.05, 3.63) is 66.0 Å². The first-order valence-corrected chi connectivity index (χ1v) is 8.58. The van der Waals surface area contributed by atoms with E-state index in [1.807, 2.05) is 37.3 Å². The fourth-order valence-corrected chi connectivity index (χ4v) is 2.52. The lowest BCUT2D eigenvalue weighted by atomic mass is 9.94. The molecule has 0 saturated heterocycles. The fraction of sp³-hybridized carbons (Fsp3) is 0.300. The predicted molar refractivity (Wildman–Crippen MR) is 96.9 cm³/mol. The predicted octanol–water partition coefficient (Wildman–Crippen LogP) is 3.32. The second-order valence-corrected chi connectivity index (χ2v) is 5.92. The highest BCUT2D eigenvalue weighted by Gasteiger charge is 2.22. The standard InChI is InChI=1S/C20H23FN2O3/c1-3-9-16(15-10-5-4-6-11-15)20(25)23-22-19(24)14(2)26-18-13-8-7-12-17(18)21/h4-8,10-14,16H,3,9H2,1-2H3,(H,22,24)(H,23,25)/t14-,16+/m0/s1. The number of ether oxygens (including phenoxy) is 1. The van der Waals surface area contributed by atoms with E-state index >= 15 is 0 Å². The molecule has 2 amide bonds. The summed E-state index contributed by atoms with van der Waals surface area (Å²) in [5, 5.41) is 0. The summed E-state index contributed by atoms with van der Waals surface area (Å²) in [5.41, 5.74) is 5.67. The van der Waals surface area contributed by atoms with Crippen molar-refractivity contribution in [1.82, 2.24) is 10.9 Å². The molecule has 2 aromatic carbocycles. The van der Waals surface area contributed by atoms with Gasteiger partial charge in [-0.1, -0.05) is 55.8 Å². The van der Waals surface area contributed by atoms with Gasteiger partial charge in [0.25, 0.3) is 5.91 Å². The van der Waals surface area contributed by atoms with Crippen molar-refractivity contribution >= 4 is 11.8 Å². The van der Waals surface area contributed by atoms with Gasteiger partial charge in [-0.2, -0.15) is 0 Å². The minimum atomic E-state index is -0.964. The molecule has 5 nitrogen and oxygen atoms in total. The third-order valence-electron chi connectivity index (χ3n) is 3.91. The molecular formula is C20H23FN2O3. The molecule has 0 heterocycles. The van der Waals surface area contributed by atoms with E-state index in [-0.39, 0.29) is 17.6 Å². The monoisotopic (exact) mass is 358 g/mol. The molecule has 0 aliphatic carbocycles. The number of carbonyl (C=O) groups excluding carboxylic acids is 2. The molecule has 138 valence electrons. The normalized spacial score (nSPS) is 12.7. The fourth-order valence-electron chi connectivity index (χ4n) is 2.52. The maximum Gasteiger partial charge on any atom is 0.279 e. The second kappa shape index (κ2) is 9.56. The quantitative estimate of drug-likeness (QED) is 0.746. The van der Waals surface area contributed by atoms with Gasteiger partial charge in [0.2, 0.25) is 5.91 Å². The number of amides is 2. The lowest BCUT2D eigenvalue weighted by molar-refractivity contribution is -0.133. The van der Waals surface area contributed by atoms with Crippen molar-refractivity contribution in [3.8, 4) is 5.75 Å². The number of benzene rings is 2. The van der Waals surface area contributed by atoms with Gasteiger partial charge < -0.3 is 4.74 Å². The van der Waals surface area contributed by atoms with Crippen LogP contribution in [0.15, 0.2) is 54.6 Å². The van der Waals surface area contributed by atoms with Crippen LogP contribution in [0.4, 0.5) is 4.39 Å². The van der Waals surface area contributed by atoms with Crippen LogP contribution < -0.4 is 15.6 Å². The van der Waals surface area contributed by atoms with Gasteiger partial charge in [-0.25, -0.2) is 4.39 Å². The first-order chi connectivity index (χ1) is 12.5. The van der Waals surface area contributed by atoms with Crippen LogP contribution in [0.5, 0.6) is 5.75 Å². The first-order valence-electron chi connectivity index (χ1n) is 8.58. The van der Waals surface area contributed by atoms with E-state index in [1.54, 1.807) is 6.07 Å². The molecule has 2 N–H and O–H groups in total. The maximum atomic E-state index is 13.6. The number of para-hydroxylation sites is 1. The van der Waals surface area contributed by atoms with Crippen LogP contribution in [0.25, 0.3) is 0 Å². The number of carbonyl (C=O) groups is 2. The molecule has 0 fully saturated rings. The van der Waals surface area contributed by atoms with Gasteiger partial charge in [0, 0.05) is 0 Å². The van der Waals surface area contributed by atoms with Crippen LogP contribution >= 0.6 is 0 Å². The molecular weight excluding hydrogens is 335 g/mol. The summed E-state index contributed by atoms with van der Waals surface area (Å²) in [4.78, 5) is 24.6. The molecule has 2 atom stereocenters. The van der Waals surface area contributed by atoms with Gasteiger partial charge in [0.1, 0.15) is 0 Å². The van der Waals surface area contributed by atoms with Crippen LogP contribution in [-0.4, -0.2) is 17.9 Å². The molecule has 26 heavy (non-hydrogen) atoms. The molecule has 2 rings (SSSR count). The van der Waals surface area contributed by atoms with E-state index in [0.29, 0.717) is 6.42 Å². The van der Waals surface area contributed by atoms with E-state index in [9.17, 15) is 14.0 Å². The summed E-state index contributed by atoms with van der Waals surface area (Å²) >= 11 is 0. The van der Waals surface area contributed by atoms with E-state index < -0.39 is 17.8 Å². The molecule has 6 heteroatoms. The maximum absolute atomic E-state index is 13.6. The zero-order valence-electron chi connectivity index (χ0n) is 14.9. The molecule has 0 saturated carbocycles. The first kappa shape index (κ1) is 19.4. The van der Waals surface area contributed by atoms with Crippen LogP contribution in [-0.2, 0) is 9.59 Å². The third-order valence-corrected chi connectivity index (χ3v) is 3.91. The summed E-state index contributed by atoms with van der Waals surface area (Å²) in [7, 11) is 0. The van der Waals surface area contributed by atoms with Crippen molar-refractivity contribution in [3.63, 3.8) is 0 Å². The smallest absolute Gasteiger partial charge is 0.279 e. The number of hydrogen-bond acceptors (Lipinski definition) is 3. The molecule has 0 spiro atoms. The van der Waals surface area contributed by atoms with Gasteiger partial charge in [0.15, 0.2) is 17.7 Å². The van der Waals surface area contributed by atoms with Crippen molar-refractivity contribution in [2.75, 3.05) is 0 Å². The Morgan fingerprint density at radius 3 is 2.27 bits per heavy atom. The Kier molecular flexibility index (Phi) is 7.14. The van der Waals surface area contributed by atoms with Crippen molar-refractivity contribution in [2.45, 2.75) is 38.7 Å². The Hall–Kier alpha value is -2.89. The van der Waals surface area contributed by atoms with Crippen LogP contribution in [0.2, 0.25) is 0 Å². The topological polar surface area (TPSA) is 67.4 Å². The Labute approximate surface area is 152 Å². The Bertz CT molecular complexity index is 737. The summed E-state index contributed by atoms with van der Waals surface area (Å²) in [6.07, 6.45) is 0.523. The summed E-state index contributed by atoms with van der Waals surface area (Å²) in [6.45, 7) is 3.47. The highest BCUT2D eigenvalue weighted by molar-refractivity contribution is 5.87. The molecule has 0 radical (unpaired) electrons. The van der Waals surface area contributed by atoms with E-state index in [2.05, 4.69) is 10.9 Å². The van der Waals surface area contributed by atoms with Crippen molar-refractivity contribution in [1.29, 1.82) is 0 Å². The number of hydrazine groups is 1. The van der Waals surface area contributed by atoms with Gasteiger partial charge in [-0.3, -0.25) is 20.4 Å². The lowest BCUT2D eigenvalue weighted by Gasteiger charge is -2.19. The van der Waals surface area contributed by atoms with Crippen LogP contribution in [0.1, 0.15) is 38.2 Å². The highest BCUT2D eigenvalue weighted by Crippen LogP contribution is 2.21. The Morgan fingerprint density at radius 1 is 1.00 bits per heavy atom. The Balaban J connectivity index is 1.92. The molecule has 0 unspecified atom stereocenters. The van der Waals surface area contributed by atoms with Gasteiger partial charge in [-0.05, 0) is 31.0 Å². The number of rotatable bonds is 7. The molecule has 0 aliphatic heterocycles. The molecule has 0 bridgehead atoms. The number of halogens is 1. The zero-order valence-corrected chi connectivity index (χ0v) is 14.9. The largest absolute Gasteiger partial charge is 0.478 e.